The van der Waals surface area contributed by atoms with Crippen molar-refractivity contribution in [3.8, 4) is 5.75 Å². The number of hydrogen-bond acceptors (Lipinski definition) is 5. The van der Waals surface area contributed by atoms with Crippen LogP contribution in [0.2, 0.25) is 5.02 Å². The molecular formula is C17H26Cl2N2O4S. The molecule has 2 saturated heterocycles. The highest BCUT2D eigenvalue weighted by molar-refractivity contribution is 7.89. The highest BCUT2D eigenvalue weighted by Crippen LogP contribution is 2.28. The Hall–Kier alpha value is -0.570. The quantitative estimate of drug-likeness (QED) is 0.703. The van der Waals surface area contributed by atoms with Gasteiger partial charge in [-0.3, -0.25) is 0 Å². The summed E-state index contributed by atoms with van der Waals surface area (Å²) >= 11 is 6.01. The Morgan fingerprint density at radius 3 is 2.81 bits per heavy atom. The van der Waals surface area contributed by atoms with Crippen LogP contribution in [0.3, 0.4) is 0 Å². The third-order valence-corrected chi connectivity index (χ3v) is 6.26. The molecule has 0 bridgehead atoms. The molecule has 0 amide bonds. The van der Waals surface area contributed by atoms with E-state index in [1.54, 1.807) is 12.1 Å². The maximum Gasteiger partial charge on any atom is 0.244 e. The summed E-state index contributed by atoms with van der Waals surface area (Å²) in [4.78, 5) is 0.0776. The second-order valence-corrected chi connectivity index (χ2v) is 8.71. The van der Waals surface area contributed by atoms with E-state index < -0.39 is 10.0 Å². The van der Waals surface area contributed by atoms with Crippen molar-refractivity contribution in [3.05, 3.63) is 23.2 Å². The smallest absolute Gasteiger partial charge is 0.244 e. The zero-order chi connectivity index (χ0) is 17.7. The van der Waals surface area contributed by atoms with Gasteiger partial charge in [-0.15, -0.1) is 12.4 Å². The summed E-state index contributed by atoms with van der Waals surface area (Å²) in [6.45, 7) is 2.36. The standard InChI is InChI=1S/C17H25ClN2O4S.ClH/c18-13-6-7-16(24-12-15-5-1-2-9-23-15)17(10-13)25(21,22)20-11-14-4-3-8-19-14;/h6-7,10,14-15,19-20H,1-5,8-9,11-12H2;1H. The van der Waals surface area contributed by atoms with E-state index in [4.69, 9.17) is 21.1 Å². The molecule has 26 heavy (non-hydrogen) atoms. The number of halogens is 2. The average Bonchev–Trinajstić information content (AvgIpc) is 3.13. The maximum atomic E-state index is 12.7. The molecule has 0 spiro atoms. The van der Waals surface area contributed by atoms with Crippen LogP contribution < -0.4 is 14.8 Å². The summed E-state index contributed by atoms with van der Waals surface area (Å²) in [7, 11) is -3.69. The number of rotatable bonds is 7. The molecule has 2 aliphatic rings. The Kier molecular flexibility index (Phi) is 8.44. The van der Waals surface area contributed by atoms with Gasteiger partial charge >= 0.3 is 0 Å². The van der Waals surface area contributed by atoms with Crippen molar-refractivity contribution in [2.24, 2.45) is 0 Å². The van der Waals surface area contributed by atoms with Crippen molar-refractivity contribution in [2.45, 2.75) is 49.1 Å². The molecule has 9 heteroatoms. The van der Waals surface area contributed by atoms with Crippen LogP contribution in [0.15, 0.2) is 23.1 Å². The Bertz CT molecular complexity index is 675. The van der Waals surface area contributed by atoms with Crippen LogP contribution in [0.1, 0.15) is 32.1 Å². The third kappa shape index (κ3) is 5.97. The minimum absolute atomic E-state index is 0. The Labute approximate surface area is 166 Å². The number of ether oxygens (including phenoxy) is 2. The predicted octanol–water partition coefficient (Wildman–Crippen LogP) is 2.74. The predicted molar refractivity (Wildman–Crippen MR) is 104 cm³/mol. The largest absolute Gasteiger partial charge is 0.489 e. The maximum absolute atomic E-state index is 12.7. The minimum atomic E-state index is -3.69. The molecule has 2 aliphatic heterocycles. The van der Waals surface area contributed by atoms with Gasteiger partial charge < -0.3 is 14.8 Å². The lowest BCUT2D eigenvalue weighted by Gasteiger charge is -2.23. The SMILES string of the molecule is Cl.O=S(=O)(NCC1CCCN1)c1cc(Cl)ccc1OCC1CCCCO1. The molecule has 2 heterocycles. The molecule has 0 aromatic heterocycles. The van der Waals surface area contributed by atoms with Gasteiger partial charge in [0, 0.05) is 24.2 Å². The first-order chi connectivity index (χ1) is 12.0. The molecule has 2 fully saturated rings. The van der Waals surface area contributed by atoms with Gasteiger partial charge in [0.1, 0.15) is 17.3 Å². The molecule has 2 N–H and O–H groups in total. The average molecular weight is 425 g/mol. The van der Waals surface area contributed by atoms with Crippen molar-refractivity contribution >= 4 is 34.0 Å². The molecular weight excluding hydrogens is 399 g/mol. The highest BCUT2D eigenvalue weighted by atomic mass is 35.5. The van der Waals surface area contributed by atoms with Gasteiger partial charge in [0.05, 0.1) is 6.10 Å². The zero-order valence-corrected chi connectivity index (χ0v) is 17.0. The van der Waals surface area contributed by atoms with Gasteiger partial charge in [0.2, 0.25) is 10.0 Å². The second-order valence-electron chi connectivity index (χ2n) is 6.54. The van der Waals surface area contributed by atoms with E-state index in [1.807, 2.05) is 0 Å². The van der Waals surface area contributed by atoms with Crippen LogP contribution in [0, 0.1) is 0 Å². The van der Waals surface area contributed by atoms with Crippen molar-refractivity contribution in [2.75, 3.05) is 26.3 Å². The van der Waals surface area contributed by atoms with E-state index in [9.17, 15) is 8.42 Å². The lowest BCUT2D eigenvalue weighted by atomic mass is 10.1. The molecule has 6 nitrogen and oxygen atoms in total. The van der Waals surface area contributed by atoms with Crippen molar-refractivity contribution in [1.82, 2.24) is 10.0 Å². The van der Waals surface area contributed by atoms with Crippen LogP contribution in [0.5, 0.6) is 5.75 Å². The molecule has 0 saturated carbocycles. The molecule has 3 rings (SSSR count). The molecule has 0 radical (unpaired) electrons. The van der Waals surface area contributed by atoms with Gasteiger partial charge in [0.15, 0.2) is 0 Å². The lowest BCUT2D eigenvalue weighted by molar-refractivity contribution is -0.0116. The molecule has 0 aliphatic carbocycles. The van der Waals surface area contributed by atoms with Crippen LogP contribution in [0.25, 0.3) is 0 Å². The van der Waals surface area contributed by atoms with E-state index in [0.717, 1.165) is 45.3 Å². The van der Waals surface area contributed by atoms with E-state index in [2.05, 4.69) is 10.0 Å². The van der Waals surface area contributed by atoms with Gasteiger partial charge in [-0.1, -0.05) is 11.6 Å². The fourth-order valence-corrected chi connectivity index (χ4v) is 4.64. The summed E-state index contributed by atoms with van der Waals surface area (Å²) in [5.74, 6) is 0.311. The molecule has 2 atom stereocenters. The van der Waals surface area contributed by atoms with Crippen LogP contribution in [0.4, 0.5) is 0 Å². The number of nitrogens with one attached hydrogen (secondary N) is 2. The van der Waals surface area contributed by atoms with E-state index >= 15 is 0 Å². The summed E-state index contributed by atoms with van der Waals surface area (Å²) in [6, 6.07) is 4.85. The number of sulfonamides is 1. The molecule has 1 aromatic carbocycles. The Morgan fingerprint density at radius 1 is 1.27 bits per heavy atom. The lowest BCUT2D eigenvalue weighted by Crippen LogP contribution is -2.37. The van der Waals surface area contributed by atoms with Crippen molar-refractivity contribution in [3.63, 3.8) is 0 Å². The van der Waals surface area contributed by atoms with Crippen LogP contribution >= 0.6 is 24.0 Å². The first-order valence-electron chi connectivity index (χ1n) is 8.81. The fourth-order valence-electron chi connectivity index (χ4n) is 3.15. The first kappa shape index (κ1) is 21.7. The van der Waals surface area contributed by atoms with Gasteiger partial charge in [-0.05, 0) is 56.8 Å². The van der Waals surface area contributed by atoms with Crippen LogP contribution in [-0.2, 0) is 14.8 Å². The monoisotopic (exact) mass is 424 g/mol. The topological polar surface area (TPSA) is 76.7 Å². The number of hydrogen-bond donors (Lipinski definition) is 2. The summed E-state index contributed by atoms with van der Waals surface area (Å²) in [5.41, 5.74) is 0. The third-order valence-electron chi connectivity index (χ3n) is 4.58. The Morgan fingerprint density at radius 2 is 2.12 bits per heavy atom. The Balaban J connectivity index is 0.00000243. The molecule has 2 unspecified atom stereocenters. The van der Waals surface area contributed by atoms with Gasteiger partial charge in [-0.25, -0.2) is 13.1 Å². The van der Waals surface area contributed by atoms with Crippen LogP contribution in [-0.4, -0.2) is 46.9 Å². The van der Waals surface area contributed by atoms with Crippen molar-refractivity contribution in [1.29, 1.82) is 0 Å². The molecule has 148 valence electrons. The van der Waals surface area contributed by atoms with E-state index in [1.165, 1.54) is 6.07 Å². The van der Waals surface area contributed by atoms with Gasteiger partial charge in [-0.2, -0.15) is 0 Å². The highest BCUT2D eigenvalue weighted by Gasteiger charge is 2.24. The summed E-state index contributed by atoms with van der Waals surface area (Å²) in [6.07, 6.45) is 5.16. The number of benzene rings is 1. The zero-order valence-electron chi connectivity index (χ0n) is 14.6. The molecule has 1 aromatic rings. The normalized spacial score (nSPS) is 23.4. The summed E-state index contributed by atoms with van der Waals surface area (Å²) < 4.78 is 39.5. The van der Waals surface area contributed by atoms with E-state index in [-0.39, 0.29) is 29.4 Å². The van der Waals surface area contributed by atoms with Gasteiger partial charge in [0.25, 0.3) is 0 Å². The summed E-state index contributed by atoms with van der Waals surface area (Å²) in [5, 5.41) is 3.64. The second kappa shape index (κ2) is 10.1. The van der Waals surface area contributed by atoms with E-state index in [0.29, 0.717) is 23.9 Å². The van der Waals surface area contributed by atoms with Crippen molar-refractivity contribution < 1.29 is 17.9 Å². The minimum Gasteiger partial charge on any atom is -0.489 e. The fraction of sp³-hybridized carbons (Fsp3) is 0.647. The first-order valence-corrected chi connectivity index (χ1v) is 10.7.